The zero-order valence-electron chi connectivity index (χ0n) is 15.6. The molecule has 0 spiro atoms. The fraction of sp³-hybridized carbons (Fsp3) is 0.286. The summed E-state index contributed by atoms with van der Waals surface area (Å²) in [4.78, 5) is 41.1. The first-order valence-corrected chi connectivity index (χ1v) is 10.1. The van der Waals surface area contributed by atoms with Crippen molar-refractivity contribution < 1.29 is 14.4 Å². The number of amides is 3. The molecule has 1 aromatic heterocycles. The van der Waals surface area contributed by atoms with Crippen LogP contribution in [0.2, 0.25) is 0 Å². The van der Waals surface area contributed by atoms with Gasteiger partial charge in [-0.25, -0.2) is 0 Å². The predicted octanol–water partition coefficient (Wildman–Crippen LogP) is 2.82. The van der Waals surface area contributed by atoms with Crippen LogP contribution in [-0.2, 0) is 16.1 Å². The summed E-state index contributed by atoms with van der Waals surface area (Å²) >= 11 is 1.58. The average Bonchev–Trinajstić information content (AvgIpc) is 3.37. The molecule has 2 aromatic rings. The fourth-order valence-electron chi connectivity index (χ4n) is 3.08. The monoisotopic (exact) mass is 397 g/mol. The number of nitrogens with one attached hydrogen (secondary N) is 1. The largest absolute Gasteiger partial charge is 0.343 e. The van der Waals surface area contributed by atoms with Crippen LogP contribution in [0.15, 0.2) is 54.4 Å². The molecule has 0 atom stereocenters. The Bertz CT molecular complexity index is 846. The normalized spacial score (nSPS) is 13.4. The Kier molecular flexibility index (Phi) is 6.60. The molecule has 0 aliphatic carbocycles. The number of hydrogen-bond donors (Lipinski definition) is 1. The topological polar surface area (TPSA) is 69.7 Å². The van der Waals surface area contributed by atoms with Crippen LogP contribution >= 0.6 is 11.3 Å². The number of anilines is 1. The molecular weight excluding hydrogens is 374 g/mol. The lowest BCUT2D eigenvalue weighted by atomic mass is 10.2. The highest BCUT2D eigenvalue weighted by Crippen LogP contribution is 2.21. The number of benzene rings is 1. The Morgan fingerprint density at radius 3 is 2.64 bits per heavy atom. The molecule has 28 heavy (non-hydrogen) atoms. The van der Waals surface area contributed by atoms with Crippen molar-refractivity contribution in [2.24, 2.45) is 0 Å². The van der Waals surface area contributed by atoms with Crippen LogP contribution in [0.1, 0.15) is 28.1 Å². The molecule has 0 bridgehead atoms. The van der Waals surface area contributed by atoms with Crippen LogP contribution in [0, 0.1) is 0 Å². The van der Waals surface area contributed by atoms with E-state index in [4.69, 9.17) is 0 Å². The van der Waals surface area contributed by atoms with Gasteiger partial charge in [0.05, 0.1) is 13.1 Å². The first-order chi connectivity index (χ1) is 13.6. The molecule has 146 valence electrons. The number of rotatable bonds is 8. The quantitative estimate of drug-likeness (QED) is 0.697. The predicted molar refractivity (Wildman–Crippen MR) is 110 cm³/mol. The number of hydrogen-bond acceptors (Lipinski definition) is 4. The molecule has 3 rings (SSSR count). The zero-order valence-corrected chi connectivity index (χ0v) is 16.4. The summed E-state index contributed by atoms with van der Waals surface area (Å²) in [5.74, 6) is -0.376. The zero-order chi connectivity index (χ0) is 19.9. The SMILES string of the molecule is C=CCN(Cc1cccs1)C(=O)CNC(=O)c1ccc(N2CCCC2=O)cc1. The van der Waals surface area contributed by atoms with Crippen molar-refractivity contribution in [2.45, 2.75) is 19.4 Å². The maximum Gasteiger partial charge on any atom is 0.251 e. The van der Waals surface area contributed by atoms with E-state index in [1.165, 1.54) is 0 Å². The van der Waals surface area contributed by atoms with Crippen molar-refractivity contribution in [2.75, 3.05) is 24.5 Å². The van der Waals surface area contributed by atoms with Crippen molar-refractivity contribution in [3.8, 4) is 0 Å². The van der Waals surface area contributed by atoms with Gasteiger partial charge in [0.1, 0.15) is 0 Å². The molecule has 0 unspecified atom stereocenters. The molecule has 1 saturated heterocycles. The summed E-state index contributed by atoms with van der Waals surface area (Å²) in [6, 6.07) is 10.8. The molecule has 7 heteroatoms. The Hall–Kier alpha value is -2.93. The molecular formula is C21H23N3O3S. The van der Waals surface area contributed by atoms with Gasteiger partial charge in [-0.15, -0.1) is 17.9 Å². The molecule has 1 aliphatic rings. The minimum absolute atomic E-state index is 0.0790. The van der Waals surface area contributed by atoms with Crippen molar-refractivity contribution in [1.82, 2.24) is 10.2 Å². The molecule has 3 amide bonds. The van der Waals surface area contributed by atoms with E-state index in [1.807, 2.05) is 17.5 Å². The summed E-state index contributed by atoms with van der Waals surface area (Å²) in [5, 5.41) is 4.64. The Labute approximate surface area is 168 Å². The van der Waals surface area contributed by atoms with E-state index in [0.717, 1.165) is 17.0 Å². The van der Waals surface area contributed by atoms with E-state index in [0.29, 0.717) is 31.6 Å². The summed E-state index contributed by atoms with van der Waals surface area (Å²) in [6.07, 6.45) is 3.10. The van der Waals surface area contributed by atoms with Gasteiger partial charge in [-0.3, -0.25) is 14.4 Å². The Morgan fingerprint density at radius 2 is 2.04 bits per heavy atom. The first-order valence-electron chi connectivity index (χ1n) is 9.18. The highest BCUT2D eigenvalue weighted by atomic mass is 32.1. The van der Waals surface area contributed by atoms with Crippen molar-refractivity contribution in [3.05, 3.63) is 64.9 Å². The van der Waals surface area contributed by atoms with Crippen LogP contribution in [-0.4, -0.2) is 42.3 Å². The lowest BCUT2D eigenvalue weighted by Gasteiger charge is -2.20. The van der Waals surface area contributed by atoms with E-state index in [-0.39, 0.29) is 24.3 Å². The minimum atomic E-state index is -0.317. The highest BCUT2D eigenvalue weighted by Gasteiger charge is 2.22. The number of nitrogens with zero attached hydrogens (tertiary/aromatic N) is 2. The number of thiophene rings is 1. The lowest BCUT2D eigenvalue weighted by molar-refractivity contribution is -0.130. The highest BCUT2D eigenvalue weighted by molar-refractivity contribution is 7.09. The summed E-state index contributed by atoms with van der Waals surface area (Å²) in [7, 11) is 0. The summed E-state index contributed by atoms with van der Waals surface area (Å²) < 4.78 is 0. The molecule has 0 saturated carbocycles. The second kappa shape index (κ2) is 9.32. The Morgan fingerprint density at radius 1 is 1.25 bits per heavy atom. The van der Waals surface area contributed by atoms with E-state index in [9.17, 15) is 14.4 Å². The van der Waals surface area contributed by atoms with Crippen LogP contribution in [0.4, 0.5) is 5.69 Å². The third kappa shape index (κ3) is 4.86. The van der Waals surface area contributed by atoms with E-state index >= 15 is 0 Å². The maximum absolute atomic E-state index is 12.5. The van der Waals surface area contributed by atoms with Gasteiger partial charge >= 0.3 is 0 Å². The van der Waals surface area contributed by atoms with Gasteiger partial charge < -0.3 is 15.1 Å². The van der Waals surface area contributed by atoms with Crippen molar-refractivity contribution >= 4 is 34.7 Å². The third-order valence-electron chi connectivity index (χ3n) is 4.54. The molecule has 1 fully saturated rings. The molecule has 0 radical (unpaired) electrons. The van der Waals surface area contributed by atoms with Crippen molar-refractivity contribution in [1.29, 1.82) is 0 Å². The molecule has 1 aliphatic heterocycles. The minimum Gasteiger partial charge on any atom is -0.343 e. The van der Waals surface area contributed by atoms with Crippen LogP contribution in [0.5, 0.6) is 0 Å². The van der Waals surface area contributed by atoms with Crippen molar-refractivity contribution in [3.63, 3.8) is 0 Å². The van der Waals surface area contributed by atoms with Gasteiger partial charge in [0, 0.05) is 35.6 Å². The fourth-order valence-corrected chi connectivity index (χ4v) is 3.80. The first kappa shape index (κ1) is 19.8. The molecule has 6 nitrogen and oxygen atoms in total. The maximum atomic E-state index is 12.5. The number of carbonyl (C=O) groups excluding carboxylic acids is 3. The van der Waals surface area contributed by atoms with Gasteiger partial charge in [-0.1, -0.05) is 12.1 Å². The second-order valence-electron chi connectivity index (χ2n) is 6.52. The number of carbonyl (C=O) groups is 3. The third-order valence-corrected chi connectivity index (χ3v) is 5.40. The standard InChI is InChI=1S/C21H23N3O3S/c1-2-11-23(15-18-5-4-13-28-18)20(26)14-22-21(27)16-7-9-17(10-8-16)24-12-3-6-19(24)25/h2,4-5,7-10,13H,1,3,6,11-12,14-15H2,(H,22,27). The molecule has 2 heterocycles. The van der Waals surface area contributed by atoms with Crippen LogP contribution in [0.25, 0.3) is 0 Å². The van der Waals surface area contributed by atoms with E-state index < -0.39 is 0 Å². The van der Waals surface area contributed by atoms with Gasteiger partial charge in [0.2, 0.25) is 11.8 Å². The Balaban J connectivity index is 1.55. The average molecular weight is 398 g/mol. The van der Waals surface area contributed by atoms with Gasteiger partial charge in [0.15, 0.2) is 0 Å². The van der Waals surface area contributed by atoms with E-state index in [2.05, 4.69) is 11.9 Å². The summed E-state index contributed by atoms with van der Waals surface area (Å²) in [5.41, 5.74) is 1.25. The second-order valence-corrected chi connectivity index (χ2v) is 7.55. The van der Waals surface area contributed by atoms with Gasteiger partial charge in [-0.05, 0) is 42.1 Å². The molecule has 1 aromatic carbocycles. The lowest BCUT2D eigenvalue weighted by Crippen LogP contribution is -2.39. The van der Waals surface area contributed by atoms with Gasteiger partial charge in [-0.2, -0.15) is 0 Å². The van der Waals surface area contributed by atoms with E-state index in [1.54, 1.807) is 51.5 Å². The molecule has 1 N–H and O–H groups in total. The van der Waals surface area contributed by atoms with Crippen LogP contribution < -0.4 is 10.2 Å². The summed E-state index contributed by atoms with van der Waals surface area (Å²) in [6.45, 7) is 5.25. The smallest absolute Gasteiger partial charge is 0.251 e. The van der Waals surface area contributed by atoms with Gasteiger partial charge in [0.25, 0.3) is 5.91 Å². The van der Waals surface area contributed by atoms with Crippen LogP contribution in [0.3, 0.4) is 0 Å².